The minimum Gasteiger partial charge on any atom is -0.264 e. The van der Waals surface area contributed by atoms with Crippen molar-refractivity contribution in [1.82, 2.24) is 0 Å². The van der Waals surface area contributed by atoms with Gasteiger partial charge in [0.15, 0.2) is 0 Å². The van der Waals surface area contributed by atoms with Crippen LogP contribution in [0.5, 0.6) is 0 Å². The molecule has 15 heavy (non-hydrogen) atoms. The van der Waals surface area contributed by atoms with Crippen LogP contribution in [-0.4, -0.2) is 11.0 Å². The van der Waals surface area contributed by atoms with Gasteiger partial charge in [-0.15, -0.1) is 0 Å². The first-order valence-electron chi connectivity index (χ1n) is 6.35. The van der Waals surface area contributed by atoms with Crippen LogP contribution < -0.4 is 0 Å². The van der Waals surface area contributed by atoms with Crippen molar-refractivity contribution in [2.24, 2.45) is 0 Å². The van der Waals surface area contributed by atoms with E-state index in [1.807, 2.05) is 0 Å². The van der Waals surface area contributed by atoms with E-state index in [1.54, 1.807) is 0 Å². The number of nitrogens with zero attached hydrogens (tertiary/aromatic N) is 1. The van der Waals surface area contributed by atoms with Crippen LogP contribution in [0.4, 0.5) is 0 Å². The van der Waals surface area contributed by atoms with Crippen molar-refractivity contribution < 1.29 is 4.92 Å². The zero-order valence-corrected chi connectivity index (χ0v) is 10.2. The van der Waals surface area contributed by atoms with Gasteiger partial charge in [0, 0.05) is 17.8 Å². The molecule has 0 fully saturated rings. The Morgan fingerprint density at radius 3 is 2.00 bits per heavy atom. The summed E-state index contributed by atoms with van der Waals surface area (Å²) in [6.45, 7) is 4.26. The van der Waals surface area contributed by atoms with E-state index >= 15 is 0 Å². The molecular formula is C12H25NO2. The van der Waals surface area contributed by atoms with Crippen molar-refractivity contribution in [1.29, 1.82) is 0 Å². The maximum absolute atomic E-state index is 10.7. The van der Waals surface area contributed by atoms with Gasteiger partial charge in [0.25, 0.3) is 0 Å². The van der Waals surface area contributed by atoms with Crippen LogP contribution >= 0.6 is 0 Å². The van der Waals surface area contributed by atoms with E-state index in [-0.39, 0.29) is 11.0 Å². The van der Waals surface area contributed by atoms with Gasteiger partial charge in [-0.3, -0.25) is 10.1 Å². The van der Waals surface area contributed by atoms with Gasteiger partial charge in [0.1, 0.15) is 0 Å². The summed E-state index contributed by atoms with van der Waals surface area (Å²) in [6, 6.07) is -0.286. The molecule has 0 saturated carbocycles. The van der Waals surface area contributed by atoms with Crippen molar-refractivity contribution in [2.75, 3.05) is 0 Å². The molecule has 0 aromatic rings. The Morgan fingerprint density at radius 2 is 1.47 bits per heavy atom. The predicted molar refractivity (Wildman–Crippen MR) is 63.7 cm³/mol. The molecule has 0 aliphatic heterocycles. The van der Waals surface area contributed by atoms with Crippen molar-refractivity contribution in [2.45, 2.75) is 77.7 Å². The highest BCUT2D eigenvalue weighted by molar-refractivity contribution is 4.57. The Hall–Kier alpha value is -0.600. The summed E-state index contributed by atoms with van der Waals surface area (Å²) in [6.07, 6.45) is 9.48. The van der Waals surface area contributed by atoms with E-state index in [0.29, 0.717) is 0 Å². The maximum atomic E-state index is 10.7. The van der Waals surface area contributed by atoms with Crippen LogP contribution in [0.25, 0.3) is 0 Å². The SMILES string of the molecule is CCCCCCCC(CCCC)[N+](=O)[O-]. The minimum atomic E-state index is -0.286. The first-order valence-corrected chi connectivity index (χ1v) is 6.35. The lowest BCUT2D eigenvalue weighted by Crippen LogP contribution is -2.19. The number of unbranched alkanes of at least 4 members (excludes halogenated alkanes) is 5. The molecule has 0 saturated heterocycles. The lowest BCUT2D eigenvalue weighted by Gasteiger charge is -2.08. The van der Waals surface area contributed by atoms with E-state index in [9.17, 15) is 10.1 Å². The molecule has 0 bridgehead atoms. The largest absolute Gasteiger partial charge is 0.264 e. The van der Waals surface area contributed by atoms with Gasteiger partial charge >= 0.3 is 0 Å². The topological polar surface area (TPSA) is 43.1 Å². The highest BCUT2D eigenvalue weighted by Crippen LogP contribution is 2.13. The van der Waals surface area contributed by atoms with Crippen LogP contribution in [0.3, 0.4) is 0 Å². The lowest BCUT2D eigenvalue weighted by atomic mass is 10.0. The summed E-state index contributed by atoms with van der Waals surface area (Å²) < 4.78 is 0. The average Bonchev–Trinajstić information content (AvgIpc) is 2.21. The maximum Gasteiger partial charge on any atom is 0.213 e. The molecule has 0 spiro atoms. The zero-order chi connectivity index (χ0) is 11.5. The summed E-state index contributed by atoms with van der Waals surface area (Å²) in [7, 11) is 0. The molecule has 3 nitrogen and oxygen atoms in total. The molecule has 0 amide bonds. The van der Waals surface area contributed by atoms with Gasteiger partial charge in [0.05, 0.1) is 0 Å². The summed E-state index contributed by atoms with van der Waals surface area (Å²) in [5.74, 6) is 0. The Morgan fingerprint density at radius 1 is 0.933 bits per heavy atom. The average molecular weight is 215 g/mol. The molecule has 90 valence electrons. The number of hydrogen-bond donors (Lipinski definition) is 0. The van der Waals surface area contributed by atoms with Crippen LogP contribution in [-0.2, 0) is 0 Å². The third-order valence-electron chi connectivity index (χ3n) is 2.83. The van der Waals surface area contributed by atoms with Gasteiger partial charge < -0.3 is 0 Å². The molecule has 1 unspecified atom stereocenters. The summed E-state index contributed by atoms with van der Waals surface area (Å²) in [5, 5.41) is 10.7. The Bertz CT molecular complexity index is 160. The molecule has 0 rings (SSSR count). The van der Waals surface area contributed by atoms with Gasteiger partial charge in [-0.1, -0.05) is 46.0 Å². The smallest absolute Gasteiger partial charge is 0.213 e. The molecule has 1 atom stereocenters. The van der Waals surface area contributed by atoms with E-state index in [0.717, 1.165) is 38.5 Å². The summed E-state index contributed by atoms with van der Waals surface area (Å²) in [4.78, 5) is 10.6. The molecule has 0 aromatic carbocycles. The second-order valence-electron chi connectivity index (χ2n) is 4.28. The fraction of sp³-hybridized carbons (Fsp3) is 1.00. The zero-order valence-electron chi connectivity index (χ0n) is 10.2. The Balaban J connectivity index is 3.53. The predicted octanol–water partition coefficient (Wildman–Crippen LogP) is 4.18. The van der Waals surface area contributed by atoms with Gasteiger partial charge in [-0.05, 0) is 12.8 Å². The highest BCUT2D eigenvalue weighted by Gasteiger charge is 2.17. The van der Waals surface area contributed by atoms with Gasteiger partial charge in [-0.25, -0.2) is 0 Å². The van der Waals surface area contributed by atoms with Crippen LogP contribution in [0.1, 0.15) is 71.6 Å². The fourth-order valence-electron chi connectivity index (χ4n) is 1.78. The first-order chi connectivity index (χ1) is 7.22. The third kappa shape index (κ3) is 8.40. The summed E-state index contributed by atoms with van der Waals surface area (Å²) >= 11 is 0. The van der Waals surface area contributed by atoms with Crippen molar-refractivity contribution in [3.8, 4) is 0 Å². The van der Waals surface area contributed by atoms with Crippen molar-refractivity contribution >= 4 is 0 Å². The first kappa shape index (κ1) is 14.4. The van der Waals surface area contributed by atoms with E-state index < -0.39 is 0 Å². The second kappa shape index (κ2) is 9.94. The lowest BCUT2D eigenvalue weighted by molar-refractivity contribution is -0.524. The Kier molecular flexibility index (Phi) is 9.54. The molecule has 0 radical (unpaired) electrons. The van der Waals surface area contributed by atoms with Crippen LogP contribution in [0.15, 0.2) is 0 Å². The quantitative estimate of drug-likeness (QED) is 0.311. The fourth-order valence-corrected chi connectivity index (χ4v) is 1.78. The molecule has 0 aromatic heterocycles. The molecular weight excluding hydrogens is 190 g/mol. The molecule has 0 aliphatic rings. The molecule has 0 heterocycles. The third-order valence-corrected chi connectivity index (χ3v) is 2.83. The number of hydrogen-bond acceptors (Lipinski definition) is 2. The molecule has 0 N–H and O–H groups in total. The van der Waals surface area contributed by atoms with Gasteiger partial charge in [0.2, 0.25) is 6.04 Å². The van der Waals surface area contributed by atoms with E-state index in [1.165, 1.54) is 19.3 Å². The second-order valence-corrected chi connectivity index (χ2v) is 4.28. The highest BCUT2D eigenvalue weighted by atomic mass is 16.6. The van der Waals surface area contributed by atoms with Crippen molar-refractivity contribution in [3.05, 3.63) is 10.1 Å². The number of nitro groups is 1. The van der Waals surface area contributed by atoms with E-state index in [2.05, 4.69) is 13.8 Å². The van der Waals surface area contributed by atoms with Crippen molar-refractivity contribution in [3.63, 3.8) is 0 Å². The summed E-state index contributed by atoms with van der Waals surface area (Å²) in [5.41, 5.74) is 0. The van der Waals surface area contributed by atoms with Crippen LogP contribution in [0.2, 0.25) is 0 Å². The standard InChI is InChI=1S/C12H25NO2/c1-3-5-7-8-9-11-12(13(14)15)10-6-4-2/h12H,3-11H2,1-2H3. The molecule has 0 aliphatic carbocycles. The normalized spacial score (nSPS) is 12.7. The van der Waals surface area contributed by atoms with E-state index in [4.69, 9.17) is 0 Å². The minimum absolute atomic E-state index is 0.0878. The number of rotatable bonds is 10. The Labute approximate surface area is 93.4 Å². The monoisotopic (exact) mass is 215 g/mol. The van der Waals surface area contributed by atoms with Crippen LogP contribution in [0, 0.1) is 10.1 Å². The van der Waals surface area contributed by atoms with Gasteiger partial charge in [-0.2, -0.15) is 0 Å². The molecule has 3 heteroatoms.